The molecule has 7 nitrogen and oxygen atoms in total. The molecule has 0 radical (unpaired) electrons. The average Bonchev–Trinajstić information content (AvgIpc) is 2.90. The summed E-state index contributed by atoms with van der Waals surface area (Å²) in [5.41, 5.74) is 1.10. The summed E-state index contributed by atoms with van der Waals surface area (Å²) in [6, 6.07) is 3.23. The quantitative estimate of drug-likeness (QED) is 0.666. The fourth-order valence-corrected chi connectivity index (χ4v) is 2.07. The summed E-state index contributed by atoms with van der Waals surface area (Å²) in [6.45, 7) is 4.92. The van der Waals surface area contributed by atoms with Gasteiger partial charge in [0.1, 0.15) is 11.3 Å². The van der Waals surface area contributed by atoms with Crippen LogP contribution in [0.2, 0.25) is 5.15 Å². The van der Waals surface area contributed by atoms with Crippen molar-refractivity contribution >= 4 is 29.2 Å². The van der Waals surface area contributed by atoms with E-state index in [1.54, 1.807) is 19.1 Å². The van der Waals surface area contributed by atoms with Crippen LogP contribution in [-0.2, 0) is 16.0 Å². The molecular weight excluding hydrogens is 322 g/mol. The van der Waals surface area contributed by atoms with Gasteiger partial charge in [0.2, 0.25) is 0 Å². The minimum absolute atomic E-state index is 0.155. The highest BCUT2D eigenvalue weighted by atomic mass is 35.5. The molecule has 23 heavy (non-hydrogen) atoms. The maximum Gasteiger partial charge on any atom is 0.344 e. The molecule has 0 bridgehead atoms. The minimum atomic E-state index is -1.02. The number of ether oxygens (including phenoxy) is 1. The van der Waals surface area contributed by atoms with Gasteiger partial charge in [-0.3, -0.25) is 4.79 Å². The van der Waals surface area contributed by atoms with E-state index in [0.717, 1.165) is 0 Å². The Morgan fingerprint density at radius 1 is 1.48 bits per heavy atom. The van der Waals surface area contributed by atoms with E-state index in [1.807, 2.05) is 6.92 Å². The summed E-state index contributed by atoms with van der Waals surface area (Å²) < 4.78 is 10.2. The number of amides is 1. The lowest BCUT2D eigenvalue weighted by Crippen LogP contribution is -2.30. The van der Waals surface area contributed by atoms with Crippen LogP contribution in [0.15, 0.2) is 22.9 Å². The van der Waals surface area contributed by atoms with Crippen LogP contribution in [-0.4, -0.2) is 28.1 Å². The maximum absolute atomic E-state index is 12.2. The molecule has 2 rings (SSSR count). The van der Waals surface area contributed by atoms with Gasteiger partial charge in [-0.1, -0.05) is 23.7 Å². The van der Waals surface area contributed by atoms with E-state index < -0.39 is 18.0 Å². The van der Waals surface area contributed by atoms with E-state index in [2.05, 4.69) is 15.5 Å². The number of pyridine rings is 1. The van der Waals surface area contributed by atoms with Gasteiger partial charge >= 0.3 is 5.97 Å². The Balaban J connectivity index is 2.05. The van der Waals surface area contributed by atoms with Crippen molar-refractivity contribution in [3.63, 3.8) is 0 Å². The fourth-order valence-electron chi connectivity index (χ4n) is 1.91. The SMILES string of the molecule is CCc1noc(C)c1C(=O)O[C@H](C)C(=O)Nc1cccnc1Cl. The van der Waals surface area contributed by atoms with Crippen LogP contribution in [0.5, 0.6) is 0 Å². The zero-order chi connectivity index (χ0) is 17.0. The molecule has 2 heterocycles. The van der Waals surface area contributed by atoms with Crippen molar-refractivity contribution in [1.82, 2.24) is 10.1 Å². The molecule has 0 fully saturated rings. The van der Waals surface area contributed by atoms with E-state index >= 15 is 0 Å². The zero-order valence-corrected chi connectivity index (χ0v) is 13.7. The fraction of sp³-hybridized carbons (Fsp3) is 0.333. The van der Waals surface area contributed by atoms with Gasteiger partial charge in [-0.25, -0.2) is 9.78 Å². The number of esters is 1. The number of halogens is 1. The predicted molar refractivity (Wildman–Crippen MR) is 83.4 cm³/mol. The molecular formula is C15H16ClN3O4. The van der Waals surface area contributed by atoms with Crippen molar-refractivity contribution < 1.29 is 18.8 Å². The van der Waals surface area contributed by atoms with E-state index in [0.29, 0.717) is 23.6 Å². The van der Waals surface area contributed by atoms with Crippen LogP contribution in [0.25, 0.3) is 0 Å². The standard InChI is InChI=1S/C15H16ClN3O4/c1-4-10-12(8(2)23-19-10)15(21)22-9(3)14(20)18-11-6-5-7-17-13(11)16/h5-7,9H,4H2,1-3H3,(H,18,20)/t9-/m1/s1. The van der Waals surface area contributed by atoms with Gasteiger partial charge in [0.15, 0.2) is 11.3 Å². The van der Waals surface area contributed by atoms with E-state index in [1.165, 1.54) is 13.1 Å². The van der Waals surface area contributed by atoms with Crippen molar-refractivity contribution in [2.45, 2.75) is 33.3 Å². The summed E-state index contributed by atoms with van der Waals surface area (Å²) in [7, 11) is 0. The summed E-state index contributed by atoms with van der Waals surface area (Å²) in [5, 5.41) is 6.49. The highest BCUT2D eigenvalue weighted by Crippen LogP contribution is 2.19. The lowest BCUT2D eigenvalue weighted by Gasteiger charge is -2.13. The Morgan fingerprint density at radius 3 is 2.87 bits per heavy atom. The molecule has 2 aromatic rings. The monoisotopic (exact) mass is 337 g/mol. The van der Waals surface area contributed by atoms with Crippen LogP contribution in [0, 0.1) is 6.92 Å². The van der Waals surface area contributed by atoms with Crippen LogP contribution < -0.4 is 5.32 Å². The Morgan fingerprint density at radius 2 is 2.22 bits per heavy atom. The molecule has 0 saturated heterocycles. The lowest BCUT2D eigenvalue weighted by molar-refractivity contribution is -0.123. The van der Waals surface area contributed by atoms with Crippen LogP contribution in [0.1, 0.15) is 35.7 Å². The Hall–Kier alpha value is -2.41. The Bertz CT molecular complexity index is 729. The molecule has 0 aliphatic rings. The number of carbonyl (C=O) groups is 2. The highest BCUT2D eigenvalue weighted by Gasteiger charge is 2.25. The van der Waals surface area contributed by atoms with Crippen LogP contribution >= 0.6 is 11.6 Å². The van der Waals surface area contributed by atoms with Crippen LogP contribution in [0.4, 0.5) is 5.69 Å². The molecule has 1 N–H and O–H groups in total. The number of hydrogen-bond donors (Lipinski definition) is 1. The first-order chi connectivity index (χ1) is 10.9. The van der Waals surface area contributed by atoms with Crippen molar-refractivity contribution in [2.24, 2.45) is 0 Å². The average molecular weight is 338 g/mol. The molecule has 0 spiro atoms. The minimum Gasteiger partial charge on any atom is -0.449 e. The molecule has 0 saturated carbocycles. The molecule has 0 aliphatic heterocycles. The molecule has 122 valence electrons. The van der Waals surface area contributed by atoms with E-state index in [9.17, 15) is 9.59 Å². The number of anilines is 1. The van der Waals surface area contributed by atoms with Gasteiger partial charge in [-0.2, -0.15) is 0 Å². The van der Waals surface area contributed by atoms with Crippen molar-refractivity contribution in [1.29, 1.82) is 0 Å². The normalized spacial score (nSPS) is 11.8. The third-order valence-corrected chi connectivity index (χ3v) is 3.44. The lowest BCUT2D eigenvalue weighted by atomic mass is 10.1. The maximum atomic E-state index is 12.2. The molecule has 0 aliphatic carbocycles. The summed E-state index contributed by atoms with van der Waals surface area (Å²) in [4.78, 5) is 28.1. The second kappa shape index (κ2) is 7.23. The summed E-state index contributed by atoms with van der Waals surface area (Å²) in [5.74, 6) is -0.810. The number of aryl methyl sites for hydroxylation is 2. The Labute approximate surface area is 138 Å². The van der Waals surface area contributed by atoms with Gasteiger partial charge < -0.3 is 14.6 Å². The van der Waals surface area contributed by atoms with Gasteiger partial charge in [-0.05, 0) is 32.4 Å². The van der Waals surface area contributed by atoms with Gasteiger partial charge in [-0.15, -0.1) is 0 Å². The van der Waals surface area contributed by atoms with Gasteiger partial charge in [0.05, 0.1) is 11.4 Å². The molecule has 8 heteroatoms. The first-order valence-electron chi connectivity index (χ1n) is 7.01. The van der Waals surface area contributed by atoms with Crippen molar-refractivity contribution in [3.8, 4) is 0 Å². The highest BCUT2D eigenvalue weighted by molar-refractivity contribution is 6.32. The number of rotatable bonds is 5. The summed E-state index contributed by atoms with van der Waals surface area (Å²) in [6.07, 6.45) is 1.01. The first-order valence-corrected chi connectivity index (χ1v) is 7.39. The smallest absolute Gasteiger partial charge is 0.344 e. The van der Waals surface area contributed by atoms with Gasteiger partial charge in [0, 0.05) is 6.20 Å². The number of nitrogens with zero attached hydrogens (tertiary/aromatic N) is 2. The van der Waals surface area contributed by atoms with E-state index in [4.69, 9.17) is 20.9 Å². The topological polar surface area (TPSA) is 94.3 Å². The van der Waals surface area contributed by atoms with E-state index in [-0.39, 0.29) is 10.7 Å². The number of carbonyl (C=O) groups excluding carboxylic acids is 2. The van der Waals surface area contributed by atoms with Crippen molar-refractivity contribution in [2.75, 3.05) is 5.32 Å². The first kappa shape index (κ1) is 17.0. The number of nitrogens with one attached hydrogen (secondary N) is 1. The zero-order valence-electron chi connectivity index (χ0n) is 12.9. The molecule has 1 amide bonds. The van der Waals surface area contributed by atoms with Crippen LogP contribution in [0.3, 0.4) is 0 Å². The number of aromatic nitrogens is 2. The second-order valence-electron chi connectivity index (χ2n) is 4.79. The summed E-state index contributed by atoms with van der Waals surface area (Å²) >= 11 is 5.87. The molecule has 2 aromatic heterocycles. The Kier molecular flexibility index (Phi) is 5.33. The predicted octanol–water partition coefficient (Wildman–Crippen LogP) is 2.78. The van der Waals surface area contributed by atoms with Crippen molar-refractivity contribution in [3.05, 3.63) is 40.5 Å². The molecule has 0 aromatic carbocycles. The molecule has 1 atom stereocenters. The molecule has 0 unspecified atom stereocenters. The second-order valence-corrected chi connectivity index (χ2v) is 5.15. The number of hydrogen-bond acceptors (Lipinski definition) is 6. The third kappa shape index (κ3) is 3.87. The largest absolute Gasteiger partial charge is 0.449 e. The third-order valence-electron chi connectivity index (χ3n) is 3.14. The van der Waals surface area contributed by atoms with Gasteiger partial charge in [0.25, 0.3) is 5.91 Å².